The summed E-state index contributed by atoms with van der Waals surface area (Å²) in [6.45, 7) is 19.7. The van der Waals surface area contributed by atoms with Gasteiger partial charge in [0.15, 0.2) is 0 Å². The maximum atomic E-state index is 12.1. The summed E-state index contributed by atoms with van der Waals surface area (Å²) >= 11 is 0. The third-order valence-electron chi connectivity index (χ3n) is 13.5. The highest BCUT2D eigenvalue weighted by Gasteiger charge is 2.72. The molecule has 11 atom stereocenters. The maximum absolute atomic E-state index is 12.1. The number of aliphatic hydroxyl groups excluding tert-OH is 1. The van der Waals surface area contributed by atoms with Gasteiger partial charge in [0.2, 0.25) is 0 Å². The summed E-state index contributed by atoms with van der Waals surface area (Å²) < 4.78 is 12.6. The fourth-order valence-electron chi connectivity index (χ4n) is 11.6. The number of esters is 1. The second kappa shape index (κ2) is 8.43. The van der Waals surface area contributed by atoms with Crippen LogP contribution in [0.2, 0.25) is 0 Å². The molecule has 5 heteroatoms. The van der Waals surface area contributed by atoms with E-state index >= 15 is 0 Å². The van der Waals surface area contributed by atoms with Crippen LogP contribution in [0.1, 0.15) is 120 Å². The molecule has 0 aromatic carbocycles. The van der Waals surface area contributed by atoms with Crippen molar-refractivity contribution in [2.45, 2.75) is 150 Å². The van der Waals surface area contributed by atoms with Crippen molar-refractivity contribution < 1.29 is 24.5 Å². The summed E-state index contributed by atoms with van der Waals surface area (Å²) in [6, 6.07) is 0. The van der Waals surface area contributed by atoms with Gasteiger partial charge in [-0.25, -0.2) is 0 Å². The molecule has 212 valence electrons. The minimum absolute atomic E-state index is 0.0262. The van der Waals surface area contributed by atoms with Crippen molar-refractivity contribution in [2.75, 3.05) is 0 Å². The van der Waals surface area contributed by atoms with Crippen molar-refractivity contribution >= 4 is 5.97 Å². The van der Waals surface area contributed by atoms with Crippen molar-refractivity contribution in [3.63, 3.8) is 0 Å². The molecule has 0 aromatic heterocycles. The van der Waals surface area contributed by atoms with E-state index in [4.69, 9.17) is 9.47 Å². The van der Waals surface area contributed by atoms with Crippen LogP contribution in [0.4, 0.5) is 0 Å². The lowest BCUT2D eigenvalue weighted by molar-refractivity contribution is -0.259. The highest BCUT2D eigenvalue weighted by Crippen LogP contribution is 2.76. The molecule has 5 unspecified atom stereocenters. The summed E-state index contributed by atoms with van der Waals surface area (Å²) in [5.41, 5.74) is -0.921. The SMILES string of the molecule is CC(=O)O[C@@H]1CC[C@@]2(C)C(CC[C@]3(C)C2C(O)CC2[C@@H](C4(C)CC[C@@H](C(C)(C)O)O4)CC[C@]23C)C1(C)C. The lowest BCUT2D eigenvalue weighted by Crippen LogP contribution is -2.67. The van der Waals surface area contributed by atoms with Gasteiger partial charge in [-0.15, -0.1) is 0 Å². The quantitative estimate of drug-likeness (QED) is 0.430. The lowest BCUT2D eigenvalue weighted by Gasteiger charge is -2.71. The van der Waals surface area contributed by atoms with Gasteiger partial charge in [-0.2, -0.15) is 0 Å². The number of rotatable bonds is 3. The molecule has 5 fully saturated rings. The fourth-order valence-corrected chi connectivity index (χ4v) is 11.6. The van der Waals surface area contributed by atoms with Gasteiger partial charge in [-0.1, -0.05) is 34.6 Å². The average molecular weight is 519 g/mol. The summed E-state index contributed by atoms with van der Waals surface area (Å²) in [4.78, 5) is 11.9. The number of carbonyl (C=O) groups excluding carboxylic acids is 1. The van der Waals surface area contributed by atoms with E-state index in [1.165, 1.54) is 13.3 Å². The van der Waals surface area contributed by atoms with Crippen LogP contribution in [0.25, 0.3) is 0 Å². The molecule has 37 heavy (non-hydrogen) atoms. The van der Waals surface area contributed by atoms with Crippen LogP contribution in [-0.4, -0.2) is 45.7 Å². The van der Waals surface area contributed by atoms with Gasteiger partial charge in [-0.3, -0.25) is 4.79 Å². The molecule has 4 aliphatic carbocycles. The molecule has 5 aliphatic rings. The largest absolute Gasteiger partial charge is 0.462 e. The van der Waals surface area contributed by atoms with E-state index in [0.717, 1.165) is 51.4 Å². The summed E-state index contributed by atoms with van der Waals surface area (Å²) in [7, 11) is 0. The minimum Gasteiger partial charge on any atom is -0.462 e. The Balaban J connectivity index is 1.46. The Kier molecular flexibility index (Phi) is 6.35. The van der Waals surface area contributed by atoms with E-state index < -0.39 is 5.60 Å². The fraction of sp³-hybridized carbons (Fsp3) is 0.969. The van der Waals surface area contributed by atoms with Crippen molar-refractivity contribution in [2.24, 2.45) is 45.3 Å². The first-order valence-electron chi connectivity index (χ1n) is 15.2. The van der Waals surface area contributed by atoms with Crippen molar-refractivity contribution in [3.8, 4) is 0 Å². The van der Waals surface area contributed by atoms with Crippen molar-refractivity contribution in [1.82, 2.24) is 0 Å². The Bertz CT molecular complexity index is 923. The maximum Gasteiger partial charge on any atom is 0.302 e. The zero-order valence-electron chi connectivity index (χ0n) is 25.0. The molecule has 1 heterocycles. The van der Waals surface area contributed by atoms with E-state index in [1.807, 2.05) is 13.8 Å². The zero-order valence-corrected chi connectivity index (χ0v) is 25.0. The molecule has 1 saturated heterocycles. The zero-order chi connectivity index (χ0) is 27.4. The van der Waals surface area contributed by atoms with Gasteiger partial charge in [-0.05, 0) is 118 Å². The number of fused-ring (bicyclic) bond motifs is 5. The molecule has 5 nitrogen and oxygen atoms in total. The molecule has 0 aromatic rings. The normalized spacial score (nSPS) is 53.2. The summed E-state index contributed by atoms with van der Waals surface area (Å²) in [6.07, 6.45) is 8.72. The van der Waals surface area contributed by atoms with Crippen LogP contribution in [-0.2, 0) is 14.3 Å². The van der Waals surface area contributed by atoms with Crippen molar-refractivity contribution in [1.29, 1.82) is 0 Å². The highest BCUT2D eigenvalue weighted by atomic mass is 16.5. The molecule has 4 saturated carbocycles. The Morgan fingerprint density at radius 1 is 0.892 bits per heavy atom. The Labute approximate surface area is 225 Å². The van der Waals surface area contributed by atoms with E-state index in [0.29, 0.717) is 17.8 Å². The summed E-state index contributed by atoms with van der Waals surface area (Å²) in [5, 5.41) is 22.7. The van der Waals surface area contributed by atoms with Crippen LogP contribution in [0.3, 0.4) is 0 Å². The molecule has 2 N–H and O–H groups in total. The summed E-state index contributed by atoms with van der Waals surface area (Å²) in [5.74, 6) is 1.34. The Morgan fingerprint density at radius 3 is 2.14 bits per heavy atom. The highest BCUT2D eigenvalue weighted by molar-refractivity contribution is 5.66. The molecule has 0 radical (unpaired) electrons. The Morgan fingerprint density at radius 2 is 1.54 bits per heavy atom. The predicted molar refractivity (Wildman–Crippen MR) is 145 cm³/mol. The topological polar surface area (TPSA) is 76.0 Å². The average Bonchev–Trinajstić information content (AvgIpc) is 3.32. The van der Waals surface area contributed by atoms with E-state index in [1.54, 1.807) is 0 Å². The molecule has 0 spiro atoms. The van der Waals surface area contributed by atoms with Gasteiger partial charge < -0.3 is 19.7 Å². The number of aliphatic hydroxyl groups is 2. The number of hydrogen-bond donors (Lipinski definition) is 2. The molecule has 0 amide bonds. The minimum atomic E-state index is -0.826. The number of carbonyl (C=O) groups is 1. The van der Waals surface area contributed by atoms with Crippen LogP contribution in [0.15, 0.2) is 0 Å². The number of hydrogen-bond acceptors (Lipinski definition) is 5. The molecule has 0 bridgehead atoms. The first-order chi connectivity index (χ1) is 16.9. The first-order valence-corrected chi connectivity index (χ1v) is 15.2. The van der Waals surface area contributed by atoms with Crippen LogP contribution < -0.4 is 0 Å². The van der Waals surface area contributed by atoms with Crippen LogP contribution in [0.5, 0.6) is 0 Å². The molecular weight excluding hydrogens is 464 g/mol. The first kappa shape index (κ1) is 27.9. The standard InChI is InChI=1S/C32H54O5/c1-19(33)36-24-12-14-29(6)23(27(24,2)3)11-16-31(8)26(29)22(34)18-21-20(10-15-30(21,31)7)32(9)17-13-25(37-32)28(4,5)35/h20-26,34-35H,10-18H2,1-9H3/t20-,21?,22?,23?,24+,25-,26?,29-,30+,31+,32?/m0/s1. The molecule has 1 aliphatic heterocycles. The van der Waals surface area contributed by atoms with Crippen molar-refractivity contribution in [3.05, 3.63) is 0 Å². The lowest BCUT2D eigenvalue weighted by atomic mass is 9.35. The van der Waals surface area contributed by atoms with Gasteiger partial charge in [0.1, 0.15) is 6.10 Å². The van der Waals surface area contributed by atoms with Gasteiger partial charge in [0.05, 0.1) is 23.4 Å². The van der Waals surface area contributed by atoms with Gasteiger partial charge >= 0.3 is 5.97 Å². The Hall–Kier alpha value is -0.650. The van der Waals surface area contributed by atoms with E-state index in [-0.39, 0.29) is 57.5 Å². The second-order valence-electron chi connectivity index (χ2n) is 16.0. The van der Waals surface area contributed by atoms with Gasteiger partial charge in [0, 0.05) is 12.3 Å². The van der Waals surface area contributed by atoms with Gasteiger partial charge in [0.25, 0.3) is 0 Å². The predicted octanol–water partition coefficient (Wildman–Crippen LogP) is 6.28. The monoisotopic (exact) mass is 518 g/mol. The van der Waals surface area contributed by atoms with Crippen LogP contribution in [0, 0.1) is 45.3 Å². The third-order valence-corrected chi connectivity index (χ3v) is 13.5. The molecule has 5 rings (SSSR count). The van der Waals surface area contributed by atoms with Crippen LogP contribution >= 0.6 is 0 Å². The third kappa shape index (κ3) is 3.83. The second-order valence-corrected chi connectivity index (χ2v) is 16.0. The van der Waals surface area contributed by atoms with E-state index in [9.17, 15) is 15.0 Å². The smallest absolute Gasteiger partial charge is 0.302 e. The van der Waals surface area contributed by atoms with E-state index in [2.05, 4.69) is 41.5 Å². The molecular formula is C32H54O5. The number of ether oxygens (including phenoxy) is 2.